The van der Waals surface area contributed by atoms with E-state index in [2.05, 4.69) is 4.98 Å². The molecule has 1 heterocycles. The second-order valence-corrected chi connectivity index (χ2v) is 5.49. The summed E-state index contributed by atoms with van der Waals surface area (Å²) < 4.78 is 0. The van der Waals surface area contributed by atoms with E-state index in [0.717, 1.165) is 0 Å². The maximum absolute atomic E-state index is 11.6. The molecule has 0 amide bonds. The molecular formula is C19H13NO6. The number of rotatable bonds is 4. The number of fused-ring (bicyclic) bond motifs is 1. The summed E-state index contributed by atoms with van der Waals surface area (Å²) in [6.45, 7) is 0. The minimum atomic E-state index is -1.66. The van der Waals surface area contributed by atoms with Crippen LogP contribution in [0.2, 0.25) is 0 Å². The topological polar surface area (TPSA) is 128 Å². The molecule has 7 nitrogen and oxygen atoms in total. The SMILES string of the molecule is O=C(O)C(=O)c1ccc2ccc(/C=C/c3ccc(O)c(O)c3)nc2c1O. The molecular weight excluding hydrogens is 338 g/mol. The fraction of sp³-hybridized carbons (Fsp3) is 0. The first-order valence-electron chi connectivity index (χ1n) is 7.47. The number of phenolic OH excluding ortho intramolecular Hbond substituents is 3. The summed E-state index contributed by atoms with van der Waals surface area (Å²) in [7, 11) is 0. The minimum absolute atomic E-state index is 0.104. The molecule has 0 saturated heterocycles. The summed E-state index contributed by atoms with van der Waals surface area (Å²) in [5.41, 5.74) is 0.830. The highest BCUT2D eigenvalue weighted by molar-refractivity contribution is 6.41. The van der Waals surface area contributed by atoms with Gasteiger partial charge in [-0.25, -0.2) is 9.78 Å². The molecule has 4 N–H and O–H groups in total. The molecule has 130 valence electrons. The number of ketones is 1. The lowest BCUT2D eigenvalue weighted by Crippen LogP contribution is -2.12. The van der Waals surface area contributed by atoms with E-state index in [-0.39, 0.29) is 22.6 Å². The number of nitrogens with zero attached hydrogens (tertiary/aromatic N) is 1. The Morgan fingerprint density at radius 1 is 0.885 bits per heavy atom. The highest BCUT2D eigenvalue weighted by Crippen LogP contribution is 2.29. The zero-order valence-electron chi connectivity index (χ0n) is 13.2. The van der Waals surface area contributed by atoms with Gasteiger partial charge >= 0.3 is 5.97 Å². The first-order chi connectivity index (χ1) is 12.4. The van der Waals surface area contributed by atoms with Crippen molar-refractivity contribution >= 4 is 34.8 Å². The van der Waals surface area contributed by atoms with Gasteiger partial charge in [-0.1, -0.05) is 24.3 Å². The van der Waals surface area contributed by atoms with E-state index in [1.54, 1.807) is 30.4 Å². The van der Waals surface area contributed by atoms with Gasteiger partial charge in [0.05, 0.1) is 11.3 Å². The molecule has 2 aromatic carbocycles. The molecule has 7 heteroatoms. The predicted molar refractivity (Wildman–Crippen MR) is 94.1 cm³/mol. The Bertz CT molecular complexity index is 1070. The van der Waals surface area contributed by atoms with Gasteiger partial charge in [-0.2, -0.15) is 0 Å². The smallest absolute Gasteiger partial charge is 0.377 e. The molecule has 0 aliphatic heterocycles. The van der Waals surface area contributed by atoms with Gasteiger partial charge in [-0.3, -0.25) is 4.79 Å². The lowest BCUT2D eigenvalue weighted by atomic mass is 10.1. The molecule has 0 radical (unpaired) electrons. The third kappa shape index (κ3) is 3.18. The number of carboxylic acids is 1. The molecule has 0 bridgehead atoms. The van der Waals surface area contributed by atoms with Crippen molar-refractivity contribution in [3.05, 3.63) is 59.3 Å². The van der Waals surface area contributed by atoms with E-state index in [4.69, 9.17) is 5.11 Å². The molecule has 0 aliphatic carbocycles. The average molecular weight is 351 g/mol. The first-order valence-corrected chi connectivity index (χ1v) is 7.47. The van der Waals surface area contributed by atoms with E-state index in [0.29, 0.717) is 16.6 Å². The molecule has 0 saturated carbocycles. The van der Waals surface area contributed by atoms with Crippen molar-refractivity contribution in [3.63, 3.8) is 0 Å². The number of Topliss-reactive ketones (excluding diaryl/α,β-unsaturated/α-hetero) is 1. The Balaban J connectivity index is 2.01. The molecule has 0 atom stereocenters. The summed E-state index contributed by atoms with van der Waals surface area (Å²) in [6, 6.07) is 10.4. The van der Waals surface area contributed by atoms with Gasteiger partial charge in [0.25, 0.3) is 5.78 Å². The van der Waals surface area contributed by atoms with Crippen LogP contribution in [-0.4, -0.2) is 37.2 Å². The summed E-state index contributed by atoms with van der Waals surface area (Å²) in [5.74, 6) is -3.86. The van der Waals surface area contributed by atoms with Crippen LogP contribution >= 0.6 is 0 Å². The van der Waals surface area contributed by atoms with Gasteiger partial charge in [0.2, 0.25) is 0 Å². The van der Waals surface area contributed by atoms with Gasteiger partial charge in [-0.05, 0) is 35.9 Å². The highest BCUT2D eigenvalue weighted by atomic mass is 16.4. The number of hydrogen-bond donors (Lipinski definition) is 4. The van der Waals surface area contributed by atoms with Crippen molar-refractivity contribution in [2.24, 2.45) is 0 Å². The maximum atomic E-state index is 11.6. The minimum Gasteiger partial charge on any atom is -0.505 e. The number of aromatic hydroxyl groups is 3. The van der Waals surface area contributed by atoms with Crippen LogP contribution in [0.1, 0.15) is 21.6 Å². The fourth-order valence-electron chi connectivity index (χ4n) is 2.41. The van der Waals surface area contributed by atoms with Gasteiger partial charge in [-0.15, -0.1) is 0 Å². The van der Waals surface area contributed by atoms with Crippen LogP contribution in [0.25, 0.3) is 23.1 Å². The van der Waals surface area contributed by atoms with Crippen molar-refractivity contribution in [3.8, 4) is 17.2 Å². The largest absolute Gasteiger partial charge is 0.505 e. The third-order valence-corrected chi connectivity index (χ3v) is 3.74. The van der Waals surface area contributed by atoms with Crippen LogP contribution in [0.15, 0.2) is 42.5 Å². The standard InChI is InChI=1S/C19H13NO6/c21-14-8-2-10(9-15(14)22)1-5-12-6-3-11-4-7-13(18(24)19(25)26)17(23)16(11)20-12/h1-9,21-23H,(H,25,26)/b5-1+. The van der Waals surface area contributed by atoms with E-state index in [9.17, 15) is 24.9 Å². The number of carbonyl (C=O) groups excluding carboxylic acids is 1. The molecule has 0 fully saturated rings. The molecule has 3 rings (SSSR count). The van der Waals surface area contributed by atoms with Crippen LogP contribution in [0.4, 0.5) is 0 Å². The van der Waals surface area contributed by atoms with Gasteiger partial charge in [0.15, 0.2) is 17.2 Å². The second kappa shape index (κ2) is 6.56. The summed E-state index contributed by atoms with van der Waals surface area (Å²) in [6.07, 6.45) is 3.24. The number of aliphatic carboxylic acids is 1. The van der Waals surface area contributed by atoms with Crippen molar-refractivity contribution in [2.75, 3.05) is 0 Å². The van der Waals surface area contributed by atoms with Crippen LogP contribution in [0, 0.1) is 0 Å². The van der Waals surface area contributed by atoms with Gasteiger partial charge in [0, 0.05) is 5.39 Å². The number of hydrogen-bond acceptors (Lipinski definition) is 6. The normalized spacial score (nSPS) is 11.1. The van der Waals surface area contributed by atoms with Crippen LogP contribution in [0.3, 0.4) is 0 Å². The second-order valence-electron chi connectivity index (χ2n) is 5.49. The van der Waals surface area contributed by atoms with E-state index in [1.807, 2.05) is 0 Å². The number of carboxylic acid groups (broad SMARTS) is 1. The molecule has 3 aromatic rings. The van der Waals surface area contributed by atoms with Crippen molar-refractivity contribution in [2.45, 2.75) is 0 Å². The number of pyridine rings is 1. The summed E-state index contributed by atoms with van der Waals surface area (Å²) in [5, 5.41) is 38.4. The number of carbonyl (C=O) groups is 2. The summed E-state index contributed by atoms with van der Waals surface area (Å²) >= 11 is 0. The van der Waals surface area contributed by atoms with Gasteiger partial charge < -0.3 is 20.4 Å². The Hall–Kier alpha value is -3.87. The van der Waals surface area contributed by atoms with Crippen LogP contribution in [0.5, 0.6) is 17.2 Å². The lowest BCUT2D eigenvalue weighted by molar-refractivity contribution is -0.131. The van der Waals surface area contributed by atoms with E-state index in [1.165, 1.54) is 24.3 Å². The third-order valence-electron chi connectivity index (χ3n) is 3.74. The van der Waals surface area contributed by atoms with Crippen LogP contribution in [-0.2, 0) is 4.79 Å². The average Bonchev–Trinajstić information content (AvgIpc) is 2.62. The molecule has 1 aromatic heterocycles. The van der Waals surface area contributed by atoms with Crippen molar-refractivity contribution in [1.82, 2.24) is 4.98 Å². The zero-order valence-corrected chi connectivity index (χ0v) is 13.2. The Kier molecular flexibility index (Phi) is 4.28. The predicted octanol–water partition coefficient (Wildman–Crippen LogP) is 2.79. The highest BCUT2D eigenvalue weighted by Gasteiger charge is 2.20. The first kappa shape index (κ1) is 17.0. The van der Waals surface area contributed by atoms with E-state index >= 15 is 0 Å². The quantitative estimate of drug-likeness (QED) is 0.323. The monoisotopic (exact) mass is 351 g/mol. The number of aromatic nitrogens is 1. The lowest BCUT2D eigenvalue weighted by Gasteiger charge is -2.06. The Morgan fingerprint density at radius 2 is 1.62 bits per heavy atom. The number of benzene rings is 2. The van der Waals surface area contributed by atoms with Gasteiger partial charge in [0.1, 0.15) is 5.52 Å². The fourth-order valence-corrected chi connectivity index (χ4v) is 2.41. The molecule has 0 unspecified atom stereocenters. The molecule has 0 spiro atoms. The van der Waals surface area contributed by atoms with Crippen LogP contribution < -0.4 is 0 Å². The van der Waals surface area contributed by atoms with Crippen molar-refractivity contribution in [1.29, 1.82) is 0 Å². The number of phenols is 3. The maximum Gasteiger partial charge on any atom is 0.377 e. The molecule has 26 heavy (non-hydrogen) atoms. The molecule has 0 aliphatic rings. The Labute approximate surface area is 147 Å². The Morgan fingerprint density at radius 3 is 2.31 bits per heavy atom. The zero-order chi connectivity index (χ0) is 18.8. The van der Waals surface area contributed by atoms with Crippen molar-refractivity contribution < 1.29 is 30.0 Å². The van der Waals surface area contributed by atoms with E-state index < -0.39 is 17.5 Å². The summed E-state index contributed by atoms with van der Waals surface area (Å²) in [4.78, 5) is 26.7.